The zero-order valence-electron chi connectivity index (χ0n) is 14.2. The normalized spacial score (nSPS) is 18.8. The van der Waals surface area contributed by atoms with E-state index in [1.54, 1.807) is 0 Å². The molecular weight excluding hydrogens is 310 g/mol. The Hall–Kier alpha value is -2.88. The Morgan fingerprint density at radius 2 is 1.88 bits per heavy atom. The zero-order valence-corrected chi connectivity index (χ0v) is 14.2. The van der Waals surface area contributed by atoms with Crippen LogP contribution in [0.15, 0.2) is 66.9 Å². The number of aromatic nitrogens is 2. The van der Waals surface area contributed by atoms with Gasteiger partial charge >= 0.3 is 0 Å². The molecule has 4 rings (SSSR count). The minimum Gasteiger partial charge on any atom is -0.309 e. The first-order chi connectivity index (χ1) is 12.2. The number of benzene rings is 2. The van der Waals surface area contributed by atoms with Crippen molar-refractivity contribution in [1.82, 2.24) is 9.78 Å². The highest BCUT2D eigenvalue weighted by Crippen LogP contribution is 2.47. The summed E-state index contributed by atoms with van der Waals surface area (Å²) in [6, 6.07) is 20.5. The number of rotatable bonds is 5. The van der Waals surface area contributed by atoms with Gasteiger partial charge in [0.1, 0.15) is 0 Å². The summed E-state index contributed by atoms with van der Waals surface area (Å²) >= 11 is 0. The van der Waals surface area contributed by atoms with Crippen LogP contribution in [0.3, 0.4) is 0 Å². The molecule has 1 amide bonds. The Labute approximate surface area is 147 Å². The van der Waals surface area contributed by atoms with Crippen molar-refractivity contribution in [1.29, 1.82) is 0 Å². The Kier molecular flexibility index (Phi) is 4.10. The summed E-state index contributed by atoms with van der Waals surface area (Å²) in [4.78, 5) is 12.4. The molecule has 0 aliphatic heterocycles. The molecule has 0 radical (unpaired) electrons. The Balaban J connectivity index is 1.35. The molecule has 3 aromatic rings. The maximum Gasteiger partial charge on any atom is 0.229 e. The second kappa shape index (κ2) is 6.55. The van der Waals surface area contributed by atoms with Crippen LogP contribution < -0.4 is 5.32 Å². The van der Waals surface area contributed by atoms with Crippen LogP contribution >= 0.6 is 0 Å². The number of nitrogens with zero attached hydrogens (tertiary/aromatic N) is 2. The fraction of sp³-hybridized carbons (Fsp3) is 0.238. The molecule has 1 saturated carbocycles. The van der Waals surface area contributed by atoms with Gasteiger partial charge < -0.3 is 5.32 Å². The third kappa shape index (κ3) is 3.63. The van der Waals surface area contributed by atoms with Crippen molar-refractivity contribution in [2.45, 2.75) is 25.8 Å². The van der Waals surface area contributed by atoms with Gasteiger partial charge in [-0.15, -0.1) is 0 Å². The highest BCUT2D eigenvalue weighted by Gasteiger charge is 2.43. The van der Waals surface area contributed by atoms with Gasteiger partial charge in [-0.25, -0.2) is 0 Å². The maximum atomic E-state index is 12.4. The minimum atomic E-state index is 0.0599. The summed E-state index contributed by atoms with van der Waals surface area (Å²) in [6.07, 6.45) is 2.82. The van der Waals surface area contributed by atoms with E-state index in [0.717, 1.165) is 6.42 Å². The molecule has 1 N–H and O–H groups in total. The molecule has 4 nitrogen and oxygen atoms in total. The fourth-order valence-electron chi connectivity index (χ4n) is 3.17. The van der Waals surface area contributed by atoms with Crippen molar-refractivity contribution < 1.29 is 4.79 Å². The van der Waals surface area contributed by atoms with E-state index >= 15 is 0 Å². The third-order valence-corrected chi connectivity index (χ3v) is 4.71. The number of nitrogens with one attached hydrogen (secondary N) is 1. The summed E-state index contributed by atoms with van der Waals surface area (Å²) in [6.45, 7) is 2.78. The predicted molar refractivity (Wildman–Crippen MR) is 98.4 cm³/mol. The van der Waals surface area contributed by atoms with Crippen molar-refractivity contribution in [3.63, 3.8) is 0 Å². The van der Waals surface area contributed by atoms with Crippen LogP contribution in [0.2, 0.25) is 0 Å². The van der Waals surface area contributed by atoms with E-state index in [2.05, 4.69) is 53.7 Å². The minimum absolute atomic E-state index is 0.0599. The zero-order chi connectivity index (χ0) is 17.2. The second-order valence-corrected chi connectivity index (χ2v) is 6.73. The SMILES string of the molecule is Cc1ccc(Cn2ccc(NC(=O)[C@H]3C[C@@H]3c3ccccc3)n2)cc1. The molecule has 2 atom stereocenters. The summed E-state index contributed by atoms with van der Waals surface area (Å²) in [5.41, 5.74) is 3.68. The van der Waals surface area contributed by atoms with Gasteiger partial charge in [0, 0.05) is 18.2 Å². The van der Waals surface area contributed by atoms with Gasteiger partial charge in [0.25, 0.3) is 0 Å². The first kappa shape index (κ1) is 15.6. The van der Waals surface area contributed by atoms with Crippen LogP contribution in [0.1, 0.15) is 29.0 Å². The van der Waals surface area contributed by atoms with Gasteiger partial charge in [-0.05, 0) is 30.4 Å². The van der Waals surface area contributed by atoms with Crippen molar-refractivity contribution in [3.05, 3.63) is 83.6 Å². The van der Waals surface area contributed by atoms with Crippen LogP contribution in [0.5, 0.6) is 0 Å². The molecule has 1 aromatic heterocycles. The van der Waals surface area contributed by atoms with E-state index in [-0.39, 0.29) is 11.8 Å². The molecule has 25 heavy (non-hydrogen) atoms. The van der Waals surface area contributed by atoms with E-state index in [9.17, 15) is 4.79 Å². The standard InChI is InChI=1S/C21H21N3O/c1-15-7-9-16(10-8-15)14-24-12-11-20(23-24)22-21(25)19-13-18(19)17-5-3-2-4-6-17/h2-12,18-19H,13-14H2,1H3,(H,22,23,25)/t18-,19+/m1/s1. The van der Waals surface area contributed by atoms with E-state index in [0.29, 0.717) is 18.3 Å². The summed E-state index contributed by atoms with van der Waals surface area (Å²) < 4.78 is 1.85. The average molecular weight is 331 g/mol. The Morgan fingerprint density at radius 1 is 1.12 bits per heavy atom. The van der Waals surface area contributed by atoms with Crippen LogP contribution in [0.4, 0.5) is 5.82 Å². The molecule has 2 aromatic carbocycles. The summed E-state index contributed by atoms with van der Waals surface area (Å²) in [5.74, 6) is 1.09. The number of hydrogen-bond acceptors (Lipinski definition) is 2. The first-order valence-corrected chi connectivity index (χ1v) is 8.64. The molecule has 126 valence electrons. The second-order valence-electron chi connectivity index (χ2n) is 6.73. The number of aryl methyl sites for hydroxylation is 1. The molecule has 1 aliphatic carbocycles. The van der Waals surface area contributed by atoms with Gasteiger partial charge in [-0.2, -0.15) is 5.10 Å². The lowest BCUT2D eigenvalue weighted by Gasteiger charge is -2.04. The molecule has 0 spiro atoms. The lowest BCUT2D eigenvalue weighted by atomic mass is 10.1. The molecule has 4 heteroatoms. The molecule has 0 unspecified atom stereocenters. The van der Waals surface area contributed by atoms with Crippen molar-refractivity contribution in [2.24, 2.45) is 5.92 Å². The number of hydrogen-bond donors (Lipinski definition) is 1. The van der Waals surface area contributed by atoms with E-state index in [1.807, 2.05) is 35.1 Å². The summed E-state index contributed by atoms with van der Waals surface area (Å²) in [7, 11) is 0. The monoisotopic (exact) mass is 331 g/mol. The first-order valence-electron chi connectivity index (χ1n) is 8.64. The van der Waals surface area contributed by atoms with Gasteiger partial charge in [0.05, 0.1) is 6.54 Å². The van der Waals surface area contributed by atoms with Crippen molar-refractivity contribution in [2.75, 3.05) is 5.32 Å². The van der Waals surface area contributed by atoms with Crippen molar-refractivity contribution >= 4 is 11.7 Å². The molecule has 1 aliphatic rings. The van der Waals surface area contributed by atoms with Crippen LogP contribution in [-0.4, -0.2) is 15.7 Å². The largest absolute Gasteiger partial charge is 0.309 e. The van der Waals surface area contributed by atoms with E-state index in [4.69, 9.17) is 0 Å². The highest BCUT2D eigenvalue weighted by molar-refractivity contribution is 5.94. The number of carbonyl (C=O) groups is 1. The Morgan fingerprint density at radius 3 is 2.64 bits per heavy atom. The lowest BCUT2D eigenvalue weighted by Crippen LogP contribution is -2.15. The molecule has 0 bridgehead atoms. The van der Waals surface area contributed by atoms with E-state index < -0.39 is 0 Å². The Bertz CT molecular complexity index is 868. The van der Waals surface area contributed by atoms with Gasteiger partial charge in [0.2, 0.25) is 5.91 Å². The lowest BCUT2D eigenvalue weighted by molar-refractivity contribution is -0.117. The fourth-order valence-corrected chi connectivity index (χ4v) is 3.17. The molecule has 0 saturated heterocycles. The number of amides is 1. The average Bonchev–Trinajstić information content (AvgIpc) is 3.33. The molecular formula is C21H21N3O. The summed E-state index contributed by atoms with van der Waals surface area (Å²) in [5, 5.41) is 7.41. The smallest absolute Gasteiger partial charge is 0.229 e. The molecule has 1 heterocycles. The highest BCUT2D eigenvalue weighted by atomic mass is 16.2. The van der Waals surface area contributed by atoms with Gasteiger partial charge in [-0.3, -0.25) is 9.48 Å². The van der Waals surface area contributed by atoms with Crippen LogP contribution in [-0.2, 0) is 11.3 Å². The quantitative estimate of drug-likeness (QED) is 0.768. The number of anilines is 1. The van der Waals surface area contributed by atoms with Gasteiger partial charge in [-0.1, -0.05) is 60.2 Å². The third-order valence-electron chi connectivity index (χ3n) is 4.71. The number of carbonyl (C=O) groups excluding carboxylic acids is 1. The van der Waals surface area contributed by atoms with Gasteiger partial charge in [0.15, 0.2) is 5.82 Å². The molecule has 1 fully saturated rings. The van der Waals surface area contributed by atoms with Crippen LogP contribution in [0, 0.1) is 12.8 Å². The van der Waals surface area contributed by atoms with Crippen molar-refractivity contribution in [3.8, 4) is 0 Å². The van der Waals surface area contributed by atoms with E-state index in [1.165, 1.54) is 16.7 Å². The topological polar surface area (TPSA) is 46.9 Å². The predicted octanol–water partition coefficient (Wildman–Crippen LogP) is 3.98. The maximum absolute atomic E-state index is 12.4. The van der Waals surface area contributed by atoms with Crippen LogP contribution in [0.25, 0.3) is 0 Å².